The van der Waals surface area contributed by atoms with E-state index in [0.717, 1.165) is 17.7 Å². The molecule has 0 bridgehead atoms. The number of fused-ring (bicyclic) bond motifs is 1. The number of hydrogen-bond acceptors (Lipinski definition) is 4. The van der Waals surface area contributed by atoms with E-state index in [1.165, 1.54) is 10.9 Å². The number of benzene rings is 2. The van der Waals surface area contributed by atoms with Gasteiger partial charge in [0.25, 0.3) is 0 Å². The highest BCUT2D eigenvalue weighted by Gasteiger charge is 2.29. The first-order chi connectivity index (χ1) is 10.7. The predicted molar refractivity (Wildman–Crippen MR) is 87.2 cm³/mol. The van der Waals surface area contributed by atoms with Crippen molar-refractivity contribution in [3.63, 3.8) is 0 Å². The average molecular weight is 301 g/mol. The molecule has 4 heteroatoms. The summed E-state index contributed by atoms with van der Waals surface area (Å²) >= 11 is 0. The van der Waals surface area contributed by atoms with E-state index in [0.29, 0.717) is 32.6 Å². The summed E-state index contributed by atoms with van der Waals surface area (Å²) in [5.74, 6) is 0.891. The van der Waals surface area contributed by atoms with Crippen molar-refractivity contribution in [2.45, 2.75) is 25.0 Å². The first kappa shape index (κ1) is 15.3. The van der Waals surface area contributed by atoms with E-state index in [9.17, 15) is 5.11 Å². The van der Waals surface area contributed by atoms with Crippen molar-refractivity contribution in [2.24, 2.45) is 0 Å². The van der Waals surface area contributed by atoms with Gasteiger partial charge >= 0.3 is 0 Å². The fourth-order valence-corrected chi connectivity index (χ4v) is 3.02. The molecule has 0 spiro atoms. The maximum atomic E-state index is 10.5. The number of rotatable bonds is 5. The summed E-state index contributed by atoms with van der Waals surface area (Å²) in [6.07, 6.45) is 1.40. The van der Waals surface area contributed by atoms with Crippen LogP contribution in [0.2, 0.25) is 0 Å². The van der Waals surface area contributed by atoms with Crippen molar-refractivity contribution in [2.75, 3.05) is 26.9 Å². The summed E-state index contributed by atoms with van der Waals surface area (Å²) in [4.78, 5) is 0. The summed E-state index contributed by atoms with van der Waals surface area (Å²) in [6, 6.07) is 12.3. The average Bonchev–Trinajstić information content (AvgIpc) is 2.55. The van der Waals surface area contributed by atoms with Gasteiger partial charge < -0.3 is 19.9 Å². The molecule has 2 aromatic rings. The van der Waals surface area contributed by atoms with E-state index in [4.69, 9.17) is 9.47 Å². The van der Waals surface area contributed by atoms with Crippen molar-refractivity contribution < 1.29 is 14.6 Å². The lowest BCUT2D eigenvalue weighted by Crippen LogP contribution is -2.44. The van der Waals surface area contributed by atoms with Gasteiger partial charge in [-0.2, -0.15) is 0 Å². The van der Waals surface area contributed by atoms with Crippen LogP contribution in [0.3, 0.4) is 0 Å². The Balaban J connectivity index is 1.71. The molecule has 0 unspecified atom stereocenters. The minimum atomic E-state index is -0.638. The molecule has 1 aliphatic rings. The van der Waals surface area contributed by atoms with Gasteiger partial charge in [0.05, 0.1) is 12.7 Å². The molecule has 2 aromatic carbocycles. The Morgan fingerprint density at radius 1 is 1.14 bits per heavy atom. The number of hydrogen-bond donors (Lipinski definition) is 2. The van der Waals surface area contributed by atoms with Gasteiger partial charge in [0.1, 0.15) is 5.75 Å². The first-order valence-electron chi connectivity index (χ1n) is 7.77. The van der Waals surface area contributed by atoms with E-state index < -0.39 is 5.60 Å². The van der Waals surface area contributed by atoms with Gasteiger partial charge in [0.15, 0.2) is 0 Å². The Kier molecular flexibility index (Phi) is 4.62. The molecule has 22 heavy (non-hydrogen) atoms. The molecular formula is C18H23NO3. The Labute approximate surface area is 131 Å². The van der Waals surface area contributed by atoms with Crippen molar-refractivity contribution in [1.82, 2.24) is 5.32 Å². The van der Waals surface area contributed by atoms with Crippen LogP contribution in [0.1, 0.15) is 18.4 Å². The predicted octanol–water partition coefficient (Wildman–Crippen LogP) is 2.48. The van der Waals surface area contributed by atoms with Crippen LogP contribution >= 0.6 is 0 Å². The minimum Gasteiger partial charge on any atom is -0.496 e. The molecule has 2 N–H and O–H groups in total. The molecule has 1 saturated heterocycles. The first-order valence-corrected chi connectivity index (χ1v) is 7.77. The monoisotopic (exact) mass is 301 g/mol. The van der Waals surface area contributed by atoms with Crippen molar-refractivity contribution in [1.29, 1.82) is 0 Å². The molecule has 118 valence electrons. The quantitative estimate of drug-likeness (QED) is 0.891. The molecule has 1 fully saturated rings. The third-order valence-corrected chi connectivity index (χ3v) is 4.39. The number of ether oxygens (including phenoxy) is 2. The highest BCUT2D eigenvalue weighted by molar-refractivity contribution is 5.91. The van der Waals surface area contributed by atoms with E-state index in [1.54, 1.807) is 7.11 Å². The molecule has 1 aliphatic heterocycles. The van der Waals surface area contributed by atoms with Crippen LogP contribution in [0, 0.1) is 0 Å². The molecular weight excluding hydrogens is 278 g/mol. The zero-order chi connectivity index (χ0) is 15.4. The lowest BCUT2D eigenvalue weighted by atomic mass is 9.94. The zero-order valence-electron chi connectivity index (χ0n) is 13.0. The topological polar surface area (TPSA) is 50.7 Å². The van der Waals surface area contributed by atoms with Gasteiger partial charge in [-0.05, 0) is 17.0 Å². The number of nitrogens with one attached hydrogen (secondary N) is 1. The smallest absolute Gasteiger partial charge is 0.126 e. The second-order valence-corrected chi connectivity index (χ2v) is 5.91. The van der Waals surface area contributed by atoms with Crippen molar-refractivity contribution in [3.8, 4) is 5.75 Å². The van der Waals surface area contributed by atoms with Crippen LogP contribution in [0.4, 0.5) is 0 Å². The molecule has 0 saturated carbocycles. The molecule has 0 radical (unpaired) electrons. The van der Waals surface area contributed by atoms with Crippen molar-refractivity contribution >= 4 is 10.8 Å². The molecule has 1 heterocycles. The maximum Gasteiger partial charge on any atom is 0.126 e. The third-order valence-electron chi connectivity index (χ3n) is 4.39. The maximum absolute atomic E-state index is 10.5. The lowest BCUT2D eigenvalue weighted by Gasteiger charge is -2.32. The van der Waals surface area contributed by atoms with Crippen LogP contribution < -0.4 is 10.1 Å². The van der Waals surface area contributed by atoms with Gasteiger partial charge in [-0.3, -0.25) is 0 Å². The molecule has 4 nitrogen and oxygen atoms in total. The summed E-state index contributed by atoms with van der Waals surface area (Å²) in [5, 5.41) is 16.2. The largest absolute Gasteiger partial charge is 0.496 e. The Morgan fingerprint density at radius 3 is 2.59 bits per heavy atom. The van der Waals surface area contributed by atoms with Gasteiger partial charge in [-0.25, -0.2) is 0 Å². The minimum absolute atomic E-state index is 0.594. The molecule has 3 rings (SSSR count). The summed E-state index contributed by atoms with van der Waals surface area (Å²) in [6.45, 7) is 2.61. The highest BCUT2D eigenvalue weighted by atomic mass is 16.5. The highest BCUT2D eigenvalue weighted by Crippen LogP contribution is 2.28. The SMILES string of the molecule is COc1ccc(CNCC2(O)CCOCC2)c2ccccc12. The molecule has 0 amide bonds. The van der Waals surface area contributed by atoms with E-state index in [2.05, 4.69) is 23.5 Å². The van der Waals surface area contributed by atoms with Crippen LogP contribution in [0.15, 0.2) is 36.4 Å². The standard InChI is InChI=1S/C18H23NO3/c1-21-17-7-6-14(15-4-2-3-5-16(15)17)12-19-13-18(20)8-10-22-11-9-18/h2-7,19-20H,8-13H2,1H3. The normalized spacial score (nSPS) is 17.5. The summed E-state index contributed by atoms with van der Waals surface area (Å²) in [7, 11) is 1.69. The van der Waals surface area contributed by atoms with Crippen LogP contribution in [0.5, 0.6) is 5.75 Å². The Bertz CT molecular complexity index is 635. The van der Waals surface area contributed by atoms with Crippen LogP contribution in [-0.2, 0) is 11.3 Å². The van der Waals surface area contributed by atoms with Crippen LogP contribution in [-0.4, -0.2) is 37.6 Å². The van der Waals surface area contributed by atoms with Crippen LogP contribution in [0.25, 0.3) is 10.8 Å². The van der Waals surface area contributed by atoms with E-state index in [1.807, 2.05) is 18.2 Å². The zero-order valence-corrected chi connectivity index (χ0v) is 13.0. The fraction of sp³-hybridized carbons (Fsp3) is 0.444. The van der Waals surface area contributed by atoms with Gasteiger partial charge in [0.2, 0.25) is 0 Å². The molecule has 0 aromatic heterocycles. The van der Waals surface area contributed by atoms with Gasteiger partial charge in [0, 0.05) is 44.5 Å². The van der Waals surface area contributed by atoms with E-state index in [-0.39, 0.29) is 0 Å². The third kappa shape index (κ3) is 3.24. The number of aliphatic hydroxyl groups is 1. The fourth-order valence-electron chi connectivity index (χ4n) is 3.02. The lowest BCUT2D eigenvalue weighted by molar-refractivity contribution is -0.0616. The second-order valence-electron chi connectivity index (χ2n) is 5.91. The second kappa shape index (κ2) is 6.65. The summed E-state index contributed by atoms with van der Waals surface area (Å²) < 4.78 is 10.7. The van der Waals surface area contributed by atoms with Gasteiger partial charge in [-0.15, -0.1) is 0 Å². The number of methoxy groups -OCH3 is 1. The summed E-state index contributed by atoms with van der Waals surface area (Å²) in [5.41, 5.74) is 0.577. The Morgan fingerprint density at radius 2 is 1.86 bits per heavy atom. The van der Waals surface area contributed by atoms with Crippen molar-refractivity contribution in [3.05, 3.63) is 42.0 Å². The molecule has 0 aliphatic carbocycles. The molecule has 0 atom stereocenters. The Hall–Kier alpha value is -1.62. The van der Waals surface area contributed by atoms with E-state index >= 15 is 0 Å². The van der Waals surface area contributed by atoms with Gasteiger partial charge in [-0.1, -0.05) is 30.3 Å².